The Hall–Kier alpha value is 2.04. The molecular weight excluding hydrogens is 572 g/mol. The molecule has 0 radical (unpaired) electrons. The van der Waals surface area contributed by atoms with Gasteiger partial charge in [-0.15, -0.1) is 0 Å². The van der Waals surface area contributed by atoms with E-state index in [2.05, 4.69) is 0 Å². The Morgan fingerprint density at radius 2 is 0.370 bits per heavy atom. The van der Waals surface area contributed by atoms with Crippen molar-refractivity contribution in [1.82, 2.24) is 0 Å². The predicted molar refractivity (Wildman–Crippen MR) is 60.6 cm³/mol. The first-order valence-electron chi connectivity index (χ1n) is 3.52. The summed E-state index contributed by atoms with van der Waals surface area (Å²) in [6, 6.07) is 0. The second-order valence-electron chi connectivity index (χ2n) is 2.07. The summed E-state index contributed by atoms with van der Waals surface area (Å²) >= 11 is 0. The van der Waals surface area contributed by atoms with Crippen molar-refractivity contribution in [3.8, 4) is 0 Å². The van der Waals surface area contributed by atoms with Crippen LogP contribution < -0.4 is 24.5 Å². The number of halogens is 10. The molecule has 0 aromatic heterocycles. The van der Waals surface area contributed by atoms with Crippen LogP contribution in [0, 0.1) is 0 Å². The molecule has 0 rings (SSSR count). The molecule has 0 saturated carbocycles. The molecule has 27 heteroatoms. The van der Waals surface area contributed by atoms with Gasteiger partial charge in [-0.05, 0) is 0 Å². The zero-order chi connectivity index (χ0) is 22.5. The van der Waals surface area contributed by atoms with Crippen LogP contribution in [0.4, 0.5) is 42.0 Å². The first-order valence-corrected chi connectivity index (χ1v) is 10.5. The molecule has 0 aliphatic carbocycles. The van der Waals surface area contributed by atoms with Crippen molar-refractivity contribution in [3.05, 3.63) is 0 Å². The Labute approximate surface area is 183 Å². The van der Waals surface area contributed by atoms with Crippen molar-refractivity contribution in [2.45, 2.75) is 0 Å². The van der Waals surface area contributed by atoms with Crippen LogP contribution in [0.2, 0.25) is 0 Å². The Morgan fingerprint density at radius 1 is 0.370 bits per heavy atom. The van der Waals surface area contributed by atoms with Crippen molar-refractivity contribution in [2.75, 3.05) is 0 Å². The number of hydrogen-bond donors (Lipinski definition) is 0. The van der Waals surface area contributed by atoms with Gasteiger partial charge < -0.3 is 24.5 Å². The monoisotopic (exact) mass is 572 g/mol. The van der Waals surface area contributed by atoms with Gasteiger partial charge in [0.2, 0.25) is 0 Å². The second kappa shape index (κ2) is 20.0. The van der Waals surface area contributed by atoms with E-state index in [1.54, 1.807) is 0 Å². The van der Waals surface area contributed by atoms with Gasteiger partial charge in [-0.3, -0.25) is 22.8 Å². The minimum atomic E-state index is -5.89. The van der Waals surface area contributed by atoms with E-state index < -0.39 is 40.0 Å². The van der Waals surface area contributed by atoms with Gasteiger partial charge in [0, 0.05) is 0 Å². The van der Waals surface area contributed by atoms with Crippen molar-refractivity contribution in [3.63, 3.8) is 0 Å². The molecule has 27 heavy (non-hydrogen) atoms. The molecule has 0 spiro atoms. The minimum absolute atomic E-state index is 0. The van der Waals surface area contributed by atoms with Crippen LogP contribution in [0.5, 0.6) is 0 Å². The van der Waals surface area contributed by atoms with Crippen LogP contribution in [-0.4, -0.2) is 55.1 Å². The predicted octanol–water partition coefficient (Wildman–Crippen LogP) is 1.21. The standard InChI is InChI=1S/Al.Ca.5F2HO2P/c;;5*1-5(2,3)4/h;;5*(H,3,4)/q+3;+2;;;;;/p-5. The van der Waals surface area contributed by atoms with Gasteiger partial charge >= 0.3 is 95.1 Å². The topological polar surface area (TPSA) is 201 Å². The molecule has 0 amide bonds. The fraction of sp³-hybridized carbons (Fsp3) is 0. The average Bonchev–Trinajstić information content (AvgIpc) is 1.79. The van der Waals surface area contributed by atoms with Crippen LogP contribution in [0.3, 0.4) is 0 Å². The zero-order valence-electron chi connectivity index (χ0n) is 11.4. The Morgan fingerprint density at radius 3 is 0.370 bits per heavy atom. The molecule has 0 atom stereocenters. The van der Waals surface area contributed by atoms with Crippen LogP contribution >= 0.6 is 40.0 Å². The average molecular weight is 572 g/mol. The zero-order valence-corrected chi connectivity index (χ0v) is 19.2. The van der Waals surface area contributed by atoms with Gasteiger partial charge in [0.05, 0.1) is 0 Å². The first-order chi connectivity index (χ1) is 10.0. The summed E-state index contributed by atoms with van der Waals surface area (Å²) in [6.07, 6.45) is 0. The maximum absolute atomic E-state index is 10.0. The van der Waals surface area contributed by atoms with Crippen LogP contribution in [0.1, 0.15) is 0 Å². The van der Waals surface area contributed by atoms with Crippen molar-refractivity contribution < 1.29 is 89.3 Å². The van der Waals surface area contributed by atoms with Crippen LogP contribution in [-0.2, 0) is 22.8 Å². The Bertz CT molecular complexity index is 397. The van der Waals surface area contributed by atoms with Crippen molar-refractivity contribution in [1.29, 1.82) is 0 Å². The molecule has 0 saturated heterocycles. The molecule has 0 aromatic rings. The largest absolute Gasteiger partial charge is 3.00 e. The summed E-state index contributed by atoms with van der Waals surface area (Å²) in [7, 11) is -29.4. The second-order valence-corrected chi connectivity index (χ2v) is 6.22. The summed E-state index contributed by atoms with van der Waals surface area (Å²) in [6.45, 7) is 0. The van der Waals surface area contributed by atoms with E-state index in [1.807, 2.05) is 0 Å². The third-order valence-corrected chi connectivity index (χ3v) is 0. The van der Waals surface area contributed by atoms with E-state index in [0.717, 1.165) is 0 Å². The van der Waals surface area contributed by atoms with E-state index in [4.69, 9.17) is 47.3 Å². The summed E-state index contributed by atoms with van der Waals surface area (Å²) in [4.78, 5) is 41.6. The molecule has 0 heterocycles. The third-order valence-electron chi connectivity index (χ3n) is 0. The summed E-state index contributed by atoms with van der Waals surface area (Å²) in [5.41, 5.74) is 0. The molecule has 160 valence electrons. The van der Waals surface area contributed by atoms with Gasteiger partial charge in [-0.1, -0.05) is 0 Å². The van der Waals surface area contributed by atoms with Gasteiger partial charge in [0.1, 0.15) is 0 Å². The summed E-state index contributed by atoms with van der Waals surface area (Å²) in [5.74, 6) is 0. The maximum atomic E-state index is 10.0. The first kappa shape index (κ1) is 47.0. The summed E-state index contributed by atoms with van der Waals surface area (Å²) < 4.78 is 142. The Balaban J connectivity index is -0.0000000364. The van der Waals surface area contributed by atoms with E-state index in [-0.39, 0.29) is 55.1 Å². The van der Waals surface area contributed by atoms with Crippen LogP contribution in [0.25, 0.3) is 0 Å². The van der Waals surface area contributed by atoms with Crippen LogP contribution in [0.15, 0.2) is 0 Å². The van der Waals surface area contributed by atoms with Gasteiger partial charge in [0.15, 0.2) is 0 Å². The fourth-order valence-corrected chi connectivity index (χ4v) is 0. The van der Waals surface area contributed by atoms with E-state index >= 15 is 0 Å². The smallest absolute Gasteiger partial charge is 0.749 e. The molecule has 0 bridgehead atoms. The summed E-state index contributed by atoms with van der Waals surface area (Å²) in [5, 5.41) is 0. The number of hydrogen-bond acceptors (Lipinski definition) is 10. The molecule has 10 nitrogen and oxygen atoms in total. The minimum Gasteiger partial charge on any atom is -0.749 e. The normalized spacial score (nSPS) is 10.9. The molecule has 0 fully saturated rings. The fourth-order valence-electron chi connectivity index (χ4n) is 0. The quantitative estimate of drug-likeness (QED) is 0.231. The van der Waals surface area contributed by atoms with Crippen molar-refractivity contribution >= 4 is 95.1 Å². The third kappa shape index (κ3) is 4560. The molecule has 0 unspecified atom stereocenters. The van der Waals surface area contributed by atoms with Crippen molar-refractivity contribution in [2.24, 2.45) is 0 Å². The molecule has 0 aliphatic heterocycles. The number of rotatable bonds is 0. The van der Waals surface area contributed by atoms with E-state index in [9.17, 15) is 42.0 Å². The van der Waals surface area contributed by atoms with Gasteiger partial charge in [-0.25, -0.2) is 0 Å². The SMILES string of the molecule is O=P([O-])(F)F.O=P([O-])(F)F.O=P([O-])(F)F.O=P([O-])(F)F.O=P([O-])(F)F.[Al+3].[Ca+2]. The molecule has 0 aromatic carbocycles. The Kier molecular flexibility index (Phi) is 34.8. The van der Waals surface area contributed by atoms with Gasteiger partial charge in [-0.2, -0.15) is 42.0 Å². The van der Waals surface area contributed by atoms with E-state index in [1.165, 1.54) is 0 Å². The maximum Gasteiger partial charge on any atom is 3.00 e. The van der Waals surface area contributed by atoms with Gasteiger partial charge in [0.25, 0.3) is 0 Å². The molecule has 0 aliphatic rings. The van der Waals surface area contributed by atoms with E-state index in [0.29, 0.717) is 0 Å². The molecular formula is AlCaF10O10P5. The molecule has 0 N–H and O–H groups in total.